The number of aryl methyl sites for hydroxylation is 2. The van der Waals surface area contributed by atoms with Crippen LogP contribution in [0.1, 0.15) is 28.3 Å². The van der Waals surface area contributed by atoms with E-state index in [0.717, 1.165) is 25.6 Å². The molecule has 0 bridgehead atoms. The number of benzene rings is 2. The van der Waals surface area contributed by atoms with Crippen LogP contribution in [0.3, 0.4) is 0 Å². The lowest BCUT2D eigenvalue weighted by atomic mass is 9.93. The van der Waals surface area contributed by atoms with E-state index in [-0.39, 0.29) is 11.9 Å². The molecule has 0 aliphatic heterocycles. The summed E-state index contributed by atoms with van der Waals surface area (Å²) in [7, 11) is 1.85. The van der Waals surface area contributed by atoms with Gasteiger partial charge in [-0.1, -0.05) is 44.0 Å². The monoisotopic (exact) mass is 399 g/mol. The third kappa shape index (κ3) is 3.13. The van der Waals surface area contributed by atoms with Crippen LogP contribution in [0.2, 0.25) is 0 Å². The number of halogens is 3. The lowest BCUT2D eigenvalue weighted by Gasteiger charge is -2.22. The molecule has 4 heteroatoms. The standard InChI is InChI=1S/C16H16Br2FN/c1-9-6-10(2)15(14(19)7-9)16(20-3)12-5-4-11(17)8-13(12)18/h4-8,16,20H,1-3H3. The molecule has 0 saturated carbocycles. The molecule has 0 spiro atoms. The zero-order valence-corrected chi connectivity index (χ0v) is 14.8. The van der Waals surface area contributed by atoms with Crippen LogP contribution in [0.15, 0.2) is 39.3 Å². The summed E-state index contributed by atoms with van der Waals surface area (Å²) in [5, 5.41) is 3.21. The van der Waals surface area contributed by atoms with Gasteiger partial charge in [-0.3, -0.25) is 0 Å². The van der Waals surface area contributed by atoms with Gasteiger partial charge in [-0.25, -0.2) is 4.39 Å². The van der Waals surface area contributed by atoms with Crippen molar-refractivity contribution in [3.63, 3.8) is 0 Å². The Morgan fingerprint density at radius 1 is 1.10 bits per heavy atom. The molecule has 0 fully saturated rings. The molecule has 1 atom stereocenters. The average Bonchev–Trinajstić information content (AvgIpc) is 2.34. The minimum absolute atomic E-state index is 0.170. The van der Waals surface area contributed by atoms with Crippen molar-refractivity contribution in [1.29, 1.82) is 0 Å². The van der Waals surface area contributed by atoms with Crippen molar-refractivity contribution < 1.29 is 4.39 Å². The summed E-state index contributed by atoms with van der Waals surface area (Å²) in [4.78, 5) is 0. The van der Waals surface area contributed by atoms with Crippen LogP contribution in [-0.2, 0) is 0 Å². The molecule has 0 aromatic heterocycles. The van der Waals surface area contributed by atoms with Crippen LogP contribution in [-0.4, -0.2) is 7.05 Å². The predicted octanol–water partition coefficient (Wildman–Crippen LogP) is 5.28. The Morgan fingerprint density at radius 2 is 1.80 bits per heavy atom. The van der Waals surface area contributed by atoms with Crippen LogP contribution in [0, 0.1) is 19.7 Å². The largest absolute Gasteiger partial charge is 0.309 e. The molecule has 0 saturated heterocycles. The van der Waals surface area contributed by atoms with E-state index in [0.29, 0.717) is 5.56 Å². The lowest BCUT2D eigenvalue weighted by Crippen LogP contribution is -2.20. The van der Waals surface area contributed by atoms with Crippen LogP contribution >= 0.6 is 31.9 Å². The van der Waals surface area contributed by atoms with Gasteiger partial charge in [0.1, 0.15) is 5.82 Å². The Labute approximate surface area is 135 Å². The normalized spacial score (nSPS) is 12.5. The lowest BCUT2D eigenvalue weighted by molar-refractivity contribution is 0.571. The first-order valence-corrected chi connectivity index (χ1v) is 7.91. The number of hydrogen-bond acceptors (Lipinski definition) is 1. The third-order valence-corrected chi connectivity index (χ3v) is 4.51. The molecule has 20 heavy (non-hydrogen) atoms. The summed E-state index contributed by atoms with van der Waals surface area (Å²) in [6, 6.07) is 9.34. The molecule has 0 aliphatic rings. The smallest absolute Gasteiger partial charge is 0.128 e. The maximum Gasteiger partial charge on any atom is 0.128 e. The second kappa shape index (κ2) is 6.37. The number of hydrogen-bond donors (Lipinski definition) is 1. The Hall–Kier alpha value is -0.710. The maximum atomic E-state index is 14.4. The first kappa shape index (κ1) is 15.7. The van der Waals surface area contributed by atoms with Crippen molar-refractivity contribution in [2.75, 3.05) is 7.05 Å². The van der Waals surface area contributed by atoms with E-state index in [2.05, 4.69) is 37.2 Å². The summed E-state index contributed by atoms with van der Waals surface area (Å²) >= 11 is 6.99. The van der Waals surface area contributed by atoms with E-state index in [1.165, 1.54) is 0 Å². The van der Waals surface area contributed by atoms with Crippen LogP contribution < -0.4 is 5.32 Å². The molecule has 0 aliphatic carbocycles. The van der Waals surface area contributed by atoms with Gasteiger partial charge in [-0.2, -0.15) is 0 Å². The van der Waals surface area contributed by atoms with Crippen molar-refractivity contribution in [2.45, 2.75) is 19.9 Å². The molecule has 0 heterocycles. The molecular weight excluding hydrogens is 385 g/mol. The van der Waals surface area contributed by atoms with Crippen LogP contribution in [0.4, 0.5) is 4.39 Å². The third-order valence-electron chi connectivity index (χ3n) is 3.33. The van der Waals surface area contributed by atoms with E-state index in [4.69, 9.17) is 0 Å². The number of nitrogens with one attached hydrogen (secondary N) is 1. The highest BCUT2D eigenvalue weighted by molar-refractivity contribution is 9.11. The average molecular weight is 401 g/mol. The van der Waals surface area contributed by atoms with Gasteiger partial charge in [0.2, 0.25) is 0 Å². The Bertz CT molecular complexity index is 617. The molecule has 106 valence electrons. The van der Waals surface area contributed by atoms with Crippen LogP contribution in [0.25, 0.3) is 0 Å². The van der Waals surface area contributed by atoms with Crippen molar-refractivity contribution in [2.24, 2.45) is 0 Å². The minimum atomic E-state index is -0.182. The quantitative estimate of drug-likeness (QED) is 0.739. The highest BCUT2D eigenvalue weighted by atomic mass is 79.9. The Morgan fingerprint density at radius 3 is 2.35 bits per heavy atom. The number of rotatable bonds is 3. The van der Waals surface area contributed by atoms with E-state index < -0.39 is 0 Å². The molecule has 0 amide bonds. The van der Waals surface area contributed by atoms with E-state index >= 15 is 0 Å². The van der Waals surface area contributed by atoms with Crippen molar-refractivity contribution in [1.82, 2.24) is 5.32 Å². The fourth-order valence-electron chi connectivity index (χ4n) is 2.48. The molecule has 0 radical (unpaired) electrons. The van der Waals surface area contributed by atoms with E-state index in [9.17, 15) is 4.39 Å². The maximum absolute atomic E-state index is 14.4. The summed E-state index contributed by atoms with van der Waals surface area (Å²) < 4.78 is 16.3. The molecule has 2 rings (SSSR count). The molecule has 2 aromatic rings. The summed E-state index contributed by atoms with van der Waals surface area (Å²) in [6.07, 6.45) is 0. The Kier molecular flexibility index (Phi) is 4.99. The second-order valence-electron chi connectivity index (χ2n) is 4.86. The molecule has 1 nitrogen and oxygen atoms in total. The van der Waals surface area contributed by atoms with Gasteiger partial charge in [0.05, 0.1) is 6.04 Å². The topological polar surface area (TPSA) is 12.0 Å². The van der Waals surface area contributed by atoms with Gasteiger partial charge < -0.3 is 5.32 Å². The van der Waals surface area contributed by atoms with Gasteiger partial charge in [0.25, 0.3) is 0 Å². The highest BCUT2D eigenvalue weighted by Gasteiger charge is 2.21. The van der Waals surface area contributed by atoms with Crippen LogP contribution in [0.5, 0.6) is 0 Å². The summed E-state index contributed by atoms with van der Waals surface area (Å²) in [5.74, 6) is -0.170. The zero-order valence-electron chi connectivity index (χ0n) is 11.6. The highest BCUT2D eigenvalue weighted by Crippen LogP contribution is 2.33. The minimum Gasteiger partial charge on any atom is -0.309 e. The van der Waals surface area contributed by atoms with Gasteiger partial charge in [-0.15, -0.1) is 0 Å². The van der Waals surface area contributed by atoms with Crippen molar-refractivity contribution in [3.05, 3.63) is 67.3 Å². The molecular formula is C16H16Br2FN. The first-order chi connectivity index (χ1) is 9.43. The summed E-state index contributed by atoms with van der Waals surface area (Å²) in [6.45, 7) is 3.85. The molecule has 1 unspecified atom stereocenters. The molecule has 2 aromatic carbocycles. The second-order valence-corrected chi connectivity index (χ2v) is 6.63. The van der Waals surface area contributed by atoms with Crippen molar-refractivity contribution in [3.8, 4) is 0 Å². The summed E-state index contributed by atoms with van der Waals surface area (Å²) in [5.41, 5.74) is 3.60. The fourth-order valence-corrected chi connectivity index (χ4v) is 3.76. The fraction of sp³-hybridized carbons (Fsp3) is 0.250. The van der Waals surface area contributed by atoms with Gasteiger partial charge in [0, 0.05) is 14.5 Å². The Balaban J connectivity index is 2.58. The van der Waals surface area contributed by atoms with Crippen molar-refractivity contribution >= 4 is 31.9 Å². The van der Waals surface area contributed by atoms with Gasteiger partial charge in [0.15, 0.2) is 0 Å². The van der Waals surface area contributed by atoms with E-state index in [1.807, 2.05) is 45.2 Å². The zero-order chi connectivity index (χ0) is 14.9. The molecule has 1 N–H and O–H groups in total. The predicted molar refractivity (Wildman–Crippen MR) is 88.6 cm³/mol. The van der Waals surface area contributed by atoms with Gasteiger partial charge in [-0.05, 0) is 55.8 Å². The van der Waals surface area contributed by atoms with Gasteiger partial charge >= 0.3 is 0 Å². The first-order valence-electron chi connectivity index (χ1n) is 6.33. The van der Waals surface area contributed by atoms with E-state index in [1.54, 1.807) is 6.07 Å². The SMILES string of the molecule is CNC(c1ccc(Br)cc1Br)c1c(C)cc(C)cc1F.